The van der Waals surface area contributed by atoms with E-state index in [1.165, 1.54) is 6.42 Å². The van der Waals surface area contributed by atoms with Crippen LogP contribution in [-0.4, -0.2) is 27.7 Å². The lowest BCUT2D eigenvalue weighted by Crippen LogP contribution is -2.08. The van der Waals surface area contributed by atoms with Crippen molar-refractivity contribution in [2.24, 2.45) is 0 Å². The summed E-state index contributed by atoms with van der Waals surface area (Å²) in [7, 11) is 0. The van der Waals surface area contributed by atoms with Crippen LogP contribution in [0.25, 0.3) is 11.2 Å². The number of unbranched alkanes of at least 4 members (excludes halogenated alkanes) is 1. The van der Waals surface area contributed by atoms with Crippen molar-refractivity contribution >= 4 is 22.8 Å². The normalized spacial score (nSPS) is 13.0. The van der Waals surface area contributed by atoms with Gasteiger partial charge >= 0.3 is 0 Å². The second-order valence-electron chi connectivity index (χ2n) is 5.36. The van der Waals surface area contributed by atoms with Gasteiger partial charge in [0.2, 0.25) is 0 Å². The number of hydrogen-bond donors (Lipinski definition) is 0. The van der Waals surface area contributed by atoms with E-state index in [9.17, 15) is 0 Å². The Balaban J connectivity index is 2.10. The quantitative estimate of drug-likeness (QED) is 0.540. The number of pyridine rings is 1. The van der Waals surface area contributed by atoms with Crippen molar-refractivity contribution < 1.29 is 4.74 Å². The van der Waals surface area contributed by atoms with Crippen molar-refractivity contribution in [3.05, 3.63) is 23.7 Å². The van der Waals surface area contributed by atoms with Crippen LogP contribution in [0.2, 0.25) is 0 Å². The van der Waals surface area contributed by atoms with Crippen LogP contribution >= 0.6 is 11.6 Å². The van der Waals surface area contributed by atoms with Crippen molar-refractivity contribution in [3.63, 3.8) is 0 Å². The summed E-state index contributed by atoms with van der Waals surface area (Å²) in [5.41, 5.74) is 3.01. The largest absolute Gasteiger partial charge is 0.381 e. The molecule has 0 fully saturated rings. The summed E-state index contributed by atoms with van der Waals surface area (Å²) in [6.45, 7) is 8.62. The van der Waals surface area contributed by atoms with Gasteiger partial charge in [-0.05, 0) is 38.3 Å². The number of ether oxygens (including phenoxy) is 1. The lowest BCUT2D eigenvalue weighted by Gasteiger charge is -2.10. The Kier molecular flexibility index (Phi) is 6.00. The summed E-state index contributed by atoms with van der Waals surface area (Å²) in [6.07, 6.45) is 5.07. The van der Waals surface area contributed by atoms with Gasteiger partial charge < -0.3 is 9.30 Å². The Hall–Kier alpha value is -1.13. The van der Waals surface area contributed by atoms with Crippen molar-refractivity contribution in [1.29, 1.82) is 0 Å². The number of imidazole rings is 1. The molecule has 0 aliphatic rings. The molecule has 2 aromatic heterocycles. The van der Waals surface area contributed by atoms with Crippen LogP contribution in [0.3, 0.4) is 0 Å². The third-order valence-electron chi connectivity index (χ3n) is 3.53. The minimum absolute atomic E-state index is 0.125. The molecular formula is C16H24ClN3O. The molecule has 2 heterocycles. The highest BCUT2D eigenvalue weighted by Crippen LogP contribution is 2.25. The number of alkyl halides is 1. The predicted octanol–water partition coefficient (Wildman–Crippen LogP) is 4.25. The van der Waals surface area contributed by atoms with Crippen molar-refractivity contribution in [1.82, 2.24) is 14.5 Å². The van der Waals surface area contributed by atoms with Crippen LogP contribution in [0, 0.1) is 6.92 Å². The van der Waals surface area contributed by atoms with Crippen LogP contribution in [0.15, 0.2) is 12.3 Å². The smallest absolute Gasteiger partial charge is 0.160 e. The monoisotopic (exact) mass is 309 g/mol. The fourth-order valence-electron chi connectivity index (χ4n) is 2.35. The molecule has 0 amide bonds. The molecule has 2 rings (SSSR count). The highest BCUT2D eigenvalue weighted by molar-refractivity contribution is 6.20. The van der Waals surface area contributed by atoms with Gasteiger partial charge in [-0.1, -0.05) is 13.3 Å². The van der Waals surface area contributed by atoms with Gasteiger partial charge in [-0.15, -0.1) is 11.6 Å². The van der Waals surface area contributed by atoms with Crippen molar-refractivity contribution in [2.75, 3.05) is 13.2 Å². The average Bonchev–Trinajstić information content (AvgIpc) is 2.83. The number of nitrogens with zero attached hydrogens (tertiary/aromatic N) is 3. The Morgan fingerprint density at radius 2 is 2.10 bits per heavy atom. The van der Waals surface area contributed by atoms with Crippen LogP contribution < -0.4 is 0 Å². The van der Waals surface area contributed by atoms with Gasteiger partial charge in [-0.25, -0.2) is 9.97 Å². The van der Waals surface area contributed by atoms with Gasteiger partial charge in [0.1, 0.15) is 11.3 Å². The van der Waals surface area contributed by atoms with E-state index >= 15 is 0 Å². The molecule has 1 atom stereocenters. The lowest BCUT2D eigenvalue weighted by molar-refractivity contribution is 0.126. The molecule has 1 unspecified atom stereocenters. The van der Waals surface area contributed by atoms with E-state index < -0.39 is 0 Å². The fraction of sp³-hybridized carbons (Fsp3) is 0.625. The lowest BCUT2D eigenvalue weighted by atomic mass is 10.3. The third-order valence-corrected chi connectivity index (χ3v) is 3.73. The van der Waals surface area contributed by atoms with Gasteiger partial charge in [-0.3, -0.25) is 0 Å². The van der Waals surface area contributed by atoms with Crippen LogP contribution in [0.5, 0.6) is 0 Å². The third kappa shape index (κ3) is 3.95. The first-order valence-corrected chi connectivity index (χ1v) is 8.12. The van der Waals surface area contributed by atoms with Crippen LogP contribution in [-0.2, 0) is 11.3 Å². The molecule has 21 heavy (non-hydrogen) atoms. The first kappa shape index (κ1) is 16.2. The van der Waals surface area contributed by atoms with E-state index in [4.69, 9.17) is 16.3 Å². The minimum Gasteiger partial charge on any atom is -0.381 e. The second-order valence-corrected chi connectivity index (χ2v) is 6.01. The summed E-state index contributed by atoms with van der Waals surface area (Å²) in [4.78, 5) is 9.14. The molecule has 2 aromatic rings. The Morgan fingerprint density at radius 3 is 2.81 bits per heavy atom. The molecule has 4 nitrogen and oxygen atoms in total. The molecule has 0 N–H and O–H groups in total. The topological polar surface area (TPSA) is 39.9 Å². The SMILES string of the molecule is CCCCOCCCn1c(C(C)Cl)nc2c(C)ccnc21. The maximum absolute atomic E-state index is 6.27. The molecule has 0 aliphatic carbocycles. The number of rotatable bonds is 8. The first-order chi connectivity index (χ1) is 10.1. The van der Waals surface area contributed by atoms with Gasteiger partial charge in [0.05, 0.1) is 5.38 Å². The first-order valence-electron chi connectivity index (χ1n) is 7.68. The van der Waals surface area contributed by atoms with Crippen LogP contribution in [0.1, 0.15) is 49.9 Å². The number of aromatic nitrogens is 3. The van der Waals surface area contributed by atoms with Gasteiger partial charge in [0.25, 0.3) is 0 Å². The molecule has 0 bridgehead atoms. The Morgan fingerprint density at radius 1 is 1.33 bits per heavy atom. The number of hydrogen-bond acceptors (Lipinski definition) is 3. The number of aryl methyl sites for hydroxylation is 2. The average molecular weight is 310 g/mol. The fourth-order valence-corrected chi connectivity index (χ4v) is 2.52. The molecule has 0 radical (unpaired) electrons. The van der Waals surface area contributed by atoms with E-state index in [0.717, 1.165) is 55.2 Å². The summed E-state index contributed by atoms with van der Waals surface area (Å²) < 4.78 is 7.75. The minimum atomic E-state index is -0.125. The zero-order valence-corrected chi connectivity index (χ0v) is 13.9. The van der Waals surface area contributed by atoms with E-state index in [2.05, 4.69) is 28.4 Å². The summed E-state index contributed by atoms with van der Waals surface area (Å²) >= 11 is 6.27. The maximum Gasteiger partial charge on any atom is 0.160 e. The zero-order chi connectivity index (χ0) is 15.2. The van der Waals surface area contributed by atoms with E-state index in [1.54, 1.807) is 0 Å². The number of fused-ring (bicyclic) bond motifs is 1. The van der Waals surface area contributed by atoms with Gasteiger partial charge in [0, 0.05) is 26.0 Å². The molecule has 0 aromatic carbocycles. The molecule has 0 spiro atoms. The van der Waals surface area contributed by atoms with Crippen molar-refractivity contribution in [3.8, 4) is 0 Å². The highest BCUT2D eigenvalue weighted by Gasteiger charge is 2.16. The van der Waals surface area contributed by atoms with E-state index in [-0.39, 0.29) is 5.38 Å². The highest BCUT2D eigenvalue weighted by atomic mass is 35.5. The molecule has 0 saturated carbocycles. The molecule has 0 saturated heterocycles. The standard InChI is InChI=1S/C16H24ClN3O/c1-4-5-10-21-11-6-9-20-15(13(3)17)19-14-12(2)7-8-18-16(14)20/h7-8,13H,4-6,9-11H2,1-3H3. The second kappa shape index (κ2) is 7.76. The predicted molar refractivity (Wildman–Crippen MR) is 86.9 cm³/mol. The summed E-state index contributed by atoms with van der Waals surface area (Å²) in [5.74, 6) is 0.891. The molecule has 116 valence electrons. The van der Waals surface area contributed by atoms with E-state index in [0.29, 0.717) is 0 Å². The maximum atomic E-state index is 6.27. The van der Waals surface area contributed by atoms with Gasteiger partial charge in [0.15, 0.2) is 5.65 Å². The molecule has 5 heteroatoms. The molecule has 0 aliphatic heterocycles. The van der Waals surface area contributed by atoms with E-state index in [1.807, 2.05) is 19.2 Å². The Labute approximate surface area is 131 Å². The Bertz CT molecular complexity index is 580. The summed E-state index contributed by atoms with van der Waals surface area (Å²) in [5, 5.41) is -0.125. The molecular weight excluding hydrogens is 286 g/mol. The van der Waals surface area contributed by atoms with Crippen LogP contribution in [0.4, 0.5) is 0 Å². The van der Waals surface area contributed by atoms with Crippen molar-refractivity contribution in [2.45, 2.75) is 52.0 Å². The zero-order valence-electron chi connectivity index (χ0n) is 13.1. The summed E-state index contributed by atoms with van der Waals surface area (Å²) in [6, 6.07) is 1.98. The van der Waals surface area contributed by atoms with Gasteiger partial charge in [-0.2, -0.15) is 0 Å². The number of halogens is 1.